The summed E-state index contributed by atoms with van der Waals surface area (Å²) >= 11 is 0. The Balaban J connectivity index is 0.000000193. The molecule has 2 amide bonds. The van der Waals surface area contributed by atoms with Crippen LogP contribution in [0, 0.1) is 13.8 Å². The molecule has 2 fully saturated rings. The lowest BCUT2D eigenvalue weighted by Crippen LogP contribution is -2.37. The van der Waals surface area contributed by atoms with Crippen LogP contribution in [0.25, 0.3) is 0 Å². The quantitative estimate of drug-likeness (QED) is 0.183. The van der Waals surface area contributed by atoms with E-state index in [1.54, 1.807) is 9.80 Å². The SMILES string of the molecule is CC.CC.COC(=O)N1CCc2c(c(N3CCOc4cc(C)c(C(F)(F)F)cc43)nn2C2CCC2)C1.COC(=O)N1CCc2c(c(N3CCOc4cc(C)c(C(F)(F)F)cc43)nn2C2CCCCC2)C1. The molecule has 70 heavy (non-hydrogen) atoms. The van der Waals surface area contributed by atoms with Crippen LogP contribution in [0.4, 0.5) is 58.9 Å². The van der Waals surface area contributed by atoms with E-state index < -0.39 is 35.7 Å². The van der Waals surface area contributed by atoms with Crippen molar-refractivity contribution in [1.29, 1.82) is 0 Å². The Kier molecular flexibility index (Phi) is 16.1. The van der Waals surface area contributed by atoms with Crippen LogP contribution in [0.5, 0.6) is 11.5 Å². The Bertz CT molecular complexity index is 2500. The molecule has 0 unspecified atom stereocenters. The van der Waals surface area contributed by atoms with Gasteiger partial charge < -0.3 is 38.5 Å². The number of anilines is 4. The van der Waals surface area contributed by atoms with Crippen LogP contribution in [0.3, 0.4) is 0 Å². The van der Waals surface area contributed by atoms with Gasteiger partial charge in [-0.2, -0.15) is 36.5 Å². The number of aryl methyl sites for hydroxylation is 2. The highest BCUT2D eigenvalue weighted by atomic mass is 19.4. The second-order valence-corrected chi connectivity index (χ2v) is 17.8. The summed E-state index contributed by atoms with van der Waals surface area (Å²) in [4.78, 5) is 31.3. The summed E-state index contributed by atoms with van der Waals surface area (Å²) in [7, 11) is 2.69. The summed E-state index contributed by atoms with van der Waals surface area (Å²) in [5, 5.41) is 9.90. The first kappa shape index (κ1) is 52.0. The average molecular weight is 989 g/mol. The first-order chi connectivity index (χ1) is 33.5. The van der Waals surface area contributed by atoms with Crippen LogP contribution in [0.1, 0.15) is 136 Å². The van der Waals surface area contributed by atoms with Gasteiger partial charge in [-0.15, -0.1) is 0 Å². The maximum absolute atomic E-state index is 13.7. The van der Waals surface area contributed by atoms with Gasteiger partial charge in [0.15, 0.2) is 11.6 Å². The van der Waals surface area contributed by atoms with Gasteiger partial charge in [0.1, 0.15) is 24.7 Å². The topological polar surface area (TPSA) is 120 Å². The van der Waals surface area contributed by atoms with Crippen molar-refractivity contribution in [3.63, 3.8) is 0 Å². The summed E-state index contributed by atoms with van der Waals surface area (Å²) in [6, 6.07) is 5.78. The van der Waals surface area contributed by atoms with Crippen LogP contribution in [0.15, 0.2) is 24.3 Å². The van der Waals surface area contributed by atoms with Crippen LogP contribution in [-0.4, -0.2) is 95.2 Å². The van der Waals surface area contributed by atoms with Gasteiger partial charge in [0.2, 0.25) is 0 Å². The molecular formula is C50H66F6N8O6. The zero-order valence-electron chi connectivity index (χ0n) is 41.5. The van der Waals surface area contributed by atoms with Crippen molar-refractivity contribution in [2.24, 2.45) is 0 Å². The Morgan fingerprint density at radius 2 is 0.971 bits per heavy atom. The fourth-order valence-corrected chi connectivity index (χ4v) is 10.2. The van der Waals surface area contributed by atoms with Crippen LogP contribution in [-0.2, 0) is 47.8 Å². The third-order valence-electron chi connectivity index (χ3n) is 13.8. The summed E-state index contributed by atoms with van der Waals surface area (Å²) in [6.45, 7) is 14.0. The van der Waals surface area contributed by atoms with E-state index in [9.17, 15) is 35.9 Å². The normalized spacial score (nSPS) is 17.8. The Morgan fingerprint density at radius 3 is 1.31 bits per heavy atom. The van der Waals surface area contributed by atoms with Gasteiger partial charge in [-0.1, -0.05) is 47.0 Å². The van der Waals surface area contributed by atoms with E-state index in [4.69, 9.17) is 29.1 Å². The van der Waals surface area contributed by atoms with E-state index in [0.717, 1.165) is 79.6 Å². The second-order valence-electron chi connectivity index (χ2n) is 17.8. The number of benzene rings is 2. The van der Waals surface area contributed by atoms with Crippen molar-refractivity contribution in [1.82, 2.24) is 29.4 Å². The number of aromatic nitrogens is 4. The van der Waals surface area contributed by atoms with Gasteiger partial charge in [0.05, 0.1) is 75.0 Å². The van der Waals surface area contributed by atoms with Crippen LogP contribution >= 0.6 is 0 Å². The molecule has 2 saturated carbocycles. The van der Waals surface area contributed by atoms with Gasteiger partial charge in [-0.05, 0) is 81.3 Å². The summed E-state index contributed by atoms with van der Waals surface area (Å²) in [6.07, 6.45) is 0.244. The first-order valence-electron chi connectivity index (χ1n) is 24.7. The number of hydrogen-bond acceptors (Lipinski definition) is 10. The summed E-state index contributed by atoms with van der Waals surface area (Å²) in [5.74, 6) is 2.03. The summed E-state index contributed by atoms with van der Waals surface area (Å²) in [5.41, 5.74) is 3.46. The molecule has 6 heterocycles. The molecule has 20 heteroatoms. The third-order valence-corrected chi connectivity index (χ3v) is 13.8. The van der Waals surface area contributed by atoms with Gasteiger partial charge in [0.25, 0.3) is 0 Å². The van der Waals surface area contributed by atoms with Gasteiger partial charge in [0, 0.05) is 48.4 Å². The Labute approximate surface area is 405 Å². The lowest BCUT2D eigenvalue weighted by molar-refractivity contribution is -0.138. The van der Waals surface area contributed by atoms with Crippen LogP contribution in [0.2, 0.25) is 0 Å². The van der Waals surface area contributed by atoms with Crippen molar-refractivity contribution in [3.8, 4) is 11.5 Å². The highest BCUT2D eigenvalue weighted by molar-refractivity contribution is 5.76. The number of methoxy groups -OCH3 is 2. The van der Waals surface area contributed by atoms with Crippen molar-refractivity contribution in [2.45, 2.75) is 143 Å². The molecule has 384 valence electrons. The smallest absolute Gasteiger partial charge is 0.416 e. The van der Waals surface area contributed by atoms with Crippen molar-refractivity contribution < 1.29 is 54.9 Å². The van der Waals surface area contributed by atoms with Crippen molar-refractivity contribution >= 4 is 35.2 Å². The first-order valence-corrected chi connectivity index (χ1v) is 24.7. The van der Waals surface area contributed by atoms with Crippen molar-refractivity contribution in [3.05, 3.63) is 69.0 Å². The molecule has 0 atom stereocenters. The van der Waals surface area contributed by atoms with Gasteiger partial charge in [-0.3, -0.25) is 9.36 Å². The number of carbonyl (C=O) groups is 2. The molecule has 0 bridgehead atoms. The molecule has 0 radical (unpaired) electrons. The van der Waals surface area contributed by atoms with E-state index in [0.29, 0.717) is 106 Å². The molecule has 2 aromatic carbocycles. The van der Waals surface area contributed by atoms with E-state index >= 15 is 0 Å². The number of halogens is 6. The molecule has 2 aromatic heterocycles. The number of fused-ring (bicyclic) bond motifs is 4. The molecule has 0 N–H and O–H groups in total. The predicted molar refractivity (Wildman–Crippen MR) is 253 cm³/mol. The minimum atomic E-state index is -4.47. The Hall–Kier alpha value is -5.82. The zero-order chi connectivity index (χ0) is 50.7. The highest BCUT2D eigenvalue weighted by Gasteiger charge is 2.40. The lowest BCUT2D eigenvalue weighted by atomic mass is 9.92. The molecular weight excluding hydrogens is 923 g/mol. The monoisotopic (exact) mass is 989 g/mol. The number of rotatable bonds is 4. The largest absolute Gasteiger partial charge is 0.490 e. The fourth-order valence-electron chi connectivity index (χ4n) is 10.2. The summed E-state index contributed by atoms with van der Waals surface area (Å²) < 4.78 is 107. The van der Waals surface area contributed by atoms with E-state index in [-0.39, 0.29) is 17.2 Å². The van der Waals surface area contributed by atoms with Crippen LogP contribution < -0.4 is 19.3 Å². The minimum absolute atomic E-state index is 0.122. The molecule has 6 aliphatic rings. The molecule has 0 spiro atoms. The number of amides is 2. The number of nitrogens with zero attached hydrogens (tertiary/aromatic N) is 8. The fraction of sp³-hybridized carbons (Fsp3) is 0.600. The standard InChI is InChI=1S/C24H29F3N4O3.C22H25F3N4O3.2C2H6/c1-15-12-21-20(13-18(15)24(25,26)27)30(10-11-34-21)22-17-14-29(23(32)33-2)9-8-19(17)31(28-22)16-6-4-3-5-7-16;1-13-10-19-18(11-16(13)22(23,24)25)28(8-9-32-19)20-15-12-27(21(30)31-2)7-6-17(15)29(26-20)14-4-3-5-14;2*1-2/h12-13,16H,3-11,14H2,1-2H3;10-11,14H,3-9,12H2,1-2H3;2*1-2H3. The average Bonchev–Trinajstić information content (AvgIpc) is 3.91. The minimum Gasteiger partial charge on any atom is -0.490 e. The molecule has 10 rings (SSSR count). The maximum atomic E-state index is 13.7. The number of hydrogen-bond donors (Lipinski definition) is 0. The number of ether oxygens (including phenoxy) is 4. The third kappa shape index (κ3) is 10.3. The van der Waals surface area contributed by atoms with E-state index in [2.05, 4.69) is 4.68 Å². The maximum Gasteiger partial charge on any atom is 0.416 e. The lowest BCUT2D eigenvalue weighted by Gasteiger charge is -2.33. The van der Waals surface area contributed by atoms with Gasteiger partial charge >= 0.3 is 24.5 Å². The molecule has 4 aromatic rings. The molecule has 4 aliphatic heterocycles. The van der Waals surface area contributed by atoms with Gasteiger partial charge in [-0.25, -0.2) is 9.59 Å². The van der Waals surface area contributed by atoms with E-state index in [1.165, 1.54) is 46.6 Å². The highest BCUT2D eigenvalue weighted by Crippen LogP contribution is 2.48. The number of carbonyl (C=O) groups excluding carboxylic acids is 2. The molecule has 14 nitrogen and oxygen atoms in total. The second kappa shape index (κ2) is 21.7. The predicted octanol–water partition coefficient (Wildman–Crippen LogP) is 12.0. The Morgan fingerprint density at radius 1 is 0.586 bits per heavy atom. The number of alkyl halides is 6. The van der Waals surface area contributed by atoms with E-state index in [1.807, 2.05) is 42.2 Å². The zero-order valence-corrected chi connectivity index (χ0v) is 41.5. The van der Waals surface area contributed by atoms with Crippen molar-refractivity contribution in [2.75, 3.05) is 63.4 Å². The molecule has 2 aliphatic carbocycles. The molecule has 0 saturated heterocycles.